The van der Waals surface area contributed by atoms with Crippen molar-refractivity contribution >= 4 is 5.69 Å². The van der Waals surface area contributed by atoms with Crippen molar-refractivity contribution in [2.24, 2.45) is 0 Å². The average molecular weight is 308 g/mol. The van der Waals surface area contributed by atoms with Crippen LogP contribution in [-0.4, -0.2) is 25.0 Å². The summed E-state index contributed by atoms with van der Waals surface area (Å²) in [7, 11) is 2.26. The largest absolute Gasteiger partial charge is 0.381 e. The first-order valence-corrected chi connectivity index (χ1v) is 8.79. The molecule has 2 aromatic carbocycles. The number of hydrogen-bond acceptors (Lipinski definition) is 2. The lowest BCUT2D eigenvalue weighted by molar-refractivity contribution is 0.333. The molecule has 0 saturated carbocycles. The van der Waals surface area contributed by atoms with E-state index in [1.807, 2.05) is 0 Å². The van der Waals surface area contributed by atoms with Gasteiger partial charge in [0.2, 0.25) is 0 Å². The molecular weight excluding hydrogens is 280 g/mol. The van der Waals surface area contributed by atoms with Crippen LogP contribution in [0.5, 0.6) is 0 Å². The van der Waals surface area contributed by atoms with Gasteiger partial charge in [-0.2, -0.15) is 0 Å². The molecule has 1 aliphatic heterocycles. The summed E-state index contributed by atoms with van der Waals surface area (Å²) in [5.74, 6) is 0.640. The summed E-state index contributed by atoms with van der Waals surface area (Å²) in [6.07, 6.45) is 3.96. The Morgan fingerprint density at radius 1 is 1.09 bits per heavy atom. The monoisotopic (exact) mass is 308 g/mol. The molecular formula is C21H28N2. The molecule has 3 rings (SSSR count). The van der Waals surface area contributed by atoms with Crippen molar-refractivity contribution in [1.29, 1.82) is 0 Å². The Morgan fingerprint density at radius 2 is 1.91 bits per heavy atom. The van der Waals surface area contributed by atoms with Crippen LogP contribution in [-0.2, 0) is 6.54 Å². The maximum absolute atomic E-state index is 3.67. The number of nitrogens with one attached hydrogen (secondary N) is 1. The highest BCUT2D eigenvalue weighted by atomic mass is 15.1. The van der Waals surface area contributed by atoms with E-state index in [1.165, 1.54) is 54.7 Å². The van der Waals surface area contributed by atoms with Crippen molar-refractivity contribution in [2.75, 3.05) is 25.5 Å². The van der Waals surface area contributed by atoms with Crippen molar-refractivity contribution in [1.82, 2.24) is 4.90 Å². The number of hydrogen-bond donors (Lipinski definition) is 1. The lowest BCUT2D eigenvalue weighted by Gasteiger charge is -2.24. The molecule has 0 aliphatic carbocycles. The highest BCUT2D eigenvalue weighted by Crippen LogP contribution is 2.32. The predicted octanol–water partition coefficient (Wildman–Crippen LogP) is 4.81. The number of aryl methyl sites for hydroxylation is 1. The minimum absolute atomic E-state index is 0.640. The van der Waals surface area contributed by atoms with Gasteiger partial charge >= 0.3 is 0 Å². The van der Waals surface area contributed by atoms with Crippen molar-refractivity contribution in [3.05, 3.63) is 65.2 Å². The number of likely N-dealkylation sites (N-methyl/N-ethyl adjacent to an activating group) is 1. The van der Waals surface area contributed by atoms with Crippen LogP contribution in [0.25, 0.3) is 0 Å². The fourth-order valence-electron chi connectivity index (χ4n) is 3.56. The Balaban J connectivity index is 1.79. The van der Waals surface area contributed by atoms with Crippen molar-refractivity contribution < 1.29 is 0 Å². The molecule has 2 nitrogen and oxygen atoms in total. The molecule has 1 fully saturated rings. The molecule has 0 aromatic heterocycles. The third-order valence-corrected chi connectivity index (χ3v) is 4.85. The zero-order valence-corrected chi connectivity index (χ0v) is 14.4. The van der Waals surface area contributed by atoms with Gasteiger partial charge in [0, 0.05) is 18.8 Å². The van der Waals surface area contributed by atoms with Gasteiger partial charge in [-0.3, -0.25) is 0 Å². The fraction of sp³-hybridized carbons (Fsp3) is 0.429. The molecule has 0 unspecified atom stereocenters. The molecule has 122 valence electrons. The van der Waals surface area contributed by atoms with E-state index >= 15 is 0 Å². The molecule has 1 atom stereocenters. The summed E-state index contributed by atoms with van der Waals surface area (Å²) in [5, 5.41) is 3.67. The highest BCUT2D eigenvalue weighted by Gasteiger charge is 2.20. The minimum Gasteiger partial charge on any atom is -0.381 e. The third-order valence-electron chi connectivity index (χ3n) is 4.85. The Hall–Kier alpha value is -1.80. The summed E-state index contributed by atoms with van der Waals surface area (Å²) < 4.78 is 0. The number of benzene rings is 2. The molecule has 0 spiro atoms. The lowest BCUT2D eigenvalue weighted by Crippen LogP contribution is -2.23. The number of nitrogens with zero attached hydrogens (tertiary/aromatic N) is 1. The summed E-state index contributed by atoms with van der Waals surface area (Å²) in [4.78, 5) is 2.49. The van der Waals surface area contributed by atoms with Crippen LogP contribution in [0.4, 0.5) is 5.69 Å². The topological polar surface area (TPSA) is 15.3 Å². The summed E-state index contributed by atoms with van der Waals surface area (Å²) in [6, 6.07) is 17.5. The Bertz CT molecular complexity index is 621. The first-order valence-electron chi connectivity index (χ1n) is 8.79. The zero-order valence-electron chi connectivity index (χ0n) is 14.4. The lowest BCUT2D eigenvalue weighted by atomic mass is 9.91. The van der Waals surface area contributed by atoms with Crippen molar-refractivity contribution in [3.63, 3.8) is 0 Å². The van der Waals surface area contributed by atoms with E-state index in [0.717, 1.165) is 6.54 Å². The van der Waals surface area contributed by atoms with Gasteiger partial charge in [0.25, 0.3) is 0 Å². The molecule has 1 heterocycles. The second-order valence-corrected chi connectivity index (χ2v) is 6.88. The normalized spacial score (nSPS) is 19.3. The van der Waals surface area contributed by atoms with Crippen LogP contribution in [0.2, 0.25) is 0 Å². The summed E-state index contributed by atoms with van der Waals surface area (Å²) in [5.41, 5.74) is 5.49. The second-order valence-electron chi connectivity index (χ2n) is 6.88. The van der Waals surface area contributed by atoms with Crippen molar-refractivity contribution in [3.8, 4) is 0 Å². The average Bonchev–Trinajstić information content (AvgIpc) is 2.79. The van der Waals surface area contributed by atoms with E-state index in [4.69, 9.17) is 0 Å². The van der Waals surface area contributed by atoms with Gasteiger partial charge in [-0.05, 0) is 56.5 Å². The molecule has 23 heavy (non-hydrogen) atoms. The number of likely N-dealkylation sites (tertiary alicyclic amines) is 1. The fourth-order valence-corrected chi connectivity index (χ4v) is 3.56. The smallest absolute Gasteiger partial charge is 0.0400 e. The Kier molecular flexibility index (Phi) is 5.35. The number of anilines is 1. The van der Waals surface area contributed by atoms with Crippen LogP contribution in [0.15, 0.2) is 48.5 Å². The van der Waals surface area contributed by atoms with E-state index in [9.17, 15) is 0 Å². The first-order chi connectivity index (χ1) is 11.2. The Labute approximate surface area is 140 Å². The van der Waals surface area contributed by atoms with Gasteiger partial charge in [0.15, 0.2) is 0 Å². The number of rotatable bonds is 4. The van der Waals surface area contributed by atoms with Crippen LogP contribution in [0.1, 0.15) is 41.9 Å². The van der Waals surface area contributed by atoms with E-state index in [-0.39, 0.29) is 0 Å². The van der Waals surface area contributed by atoms with Gasteiger partial charge in [-0.25, -0.2) is 0 Å². The SMILES string of the molecule is Cc1ccc(NCc2ccccc2)c([C@H]2CCCCN(C)C2)c1. The van der Waals surface area contributed by atoms with Gasteiger partial charge in [-0.1, -0.05) is 54.4 Å². The van der Waals surface area contributed by atoms with Crippen LogP contribution in [0, 0.1) is 6.92 Å². The summed E-state index contributed by atoms with van der Waals surface area (Å²) >= 11 is 0. The molecule has 1 aliphatic rings. The minimum atomic E-state index is 0.640. The highest BCUT2D eigenvalue weighted by molar-refractivity contribution is 5.55. The van der Waals surface area contributed by atoms with E-state index in [1.54, 1.807) is 0 Å². The van der Waals surface area contributed by atoms with Gasteiger partial charge in [-0.15, -0.1) is 0 Å². The maximum atomic E-state index is 3.67. The van der Waals surface area contributed by atoms with Gasteiger partial charge in [0.1, 0.15) is 0 Å². The molecule has 2 heteroatoms. The van der Waals surface area contributed by atoms with Crippen LogP contribution < -0.4 is 5.32 Å². The van der Waals surface area contributed by atoms with Gasteiger partial charge < -0.3 is 10.2 Å². The van der Waals surface area contributed by atoms with Crippen molar-refractivity contribution in [2.45, 2.75) is 38.6 Å². The molecule has 1 saturated heterocycles. The predicted molar refractivity (Wildman–Crippen MR) is 99.0 cm³/mol. The summed E-state index contributed by atoms with van der Waals surface area (Å²) in [6.45, 7) is 5.49. The second kappa shape index (κ2) is 7.65. The Morgan fingerprint density at radius 3 is 2.74 bits per heavy atom. The maximum Gasteiger partial charge on any atom is 0.0400 e. The third kappa shape index (κ3) is 4.35. The molecule has 1 N–H and O–H groups in total. The van der Waals surface area contributed by atoms with E-state index in [2.05, 4.69) is 72.7 Å². The molecule has 0 radical (unpaired) electrons. The van der Waals surface area contributed by atoms with Gasteiger partial charge in [0.05, 0.1) is 0 Å². The quantitative estimate of drug-likeness (QED) is 0.872. The van der Waals surface area contributed by atoms with E-state index < -0.39 is 0 Å². The molecule has 2 aromatic rings. The van der Waals surface area contributed by atoms with Crippen LogP contribution in [0.3, 0.4) is 0 Å². The first kappa shape index (κ1) is 16.1. The standard InChI is InChI=1S/C21H28N2/c1-17-11-12-21(22-15-18-8-4-3-5-9-18)20(14-17)19-10-6-7-13-23(2)16-19/h3-5,8-9,11-12,14,19,22H,6-7,10,13,15-16H2,1-2H3/t19-/m0/s1. The zero-order chi connectivity index (χ0) is 16.1. The van der Waals surface area contributed by atoms with Crippen LogP contribution >= 0.6 is 0 Å². The molecule has 0 bridgehead atoms. The molecule has 0 amide bonds. The van der Waals surface area contributed by atoms with E-state index in [0.29, 0.717) is 5.92 Å².